The molecule has 3 heterocycles. The van der Waals surface area contributed by atoms with Gasteiger partial charge in [-0.15, -0.1) is 0 Å². The van der Waals surface area contributed by atoms with Gasteiger partial charge >= 0.3 is 0 Å². The fourth-order valence-corrected chi connectivity index (χ4v) is 3.30. The number of nitrogens with zero attached hydrogens (tertiary/aromatic N) is 3. The summed E-state index contributed by atoms with van der Waals surface area (Å²) in [6.07, 6.45) is 4.20. The summed E-state index contributed by atoms with van der Waals surface area (Å²) in [4.78, 5) is 23.9. The van der Waals surface area contributed by atoms with E-state index in [1.54, 1.807) is 0 Å². The summed E-state index contributed by atoms with van der Waals surface area (Å²) < 4.78 is 19.0. The highest BCUT2D eigenvalue weighted by Gasteiger charge is 2.20. The maximum Gasteiger partial charge on any atom is 0.197 e. The molecule has 0 fully saturated rings. The van der Waals surface area contributed by atoms with E-state index in [9.17, 15) is 9.18 Å². The van der Waals surface area contributed by atoms with Gasteiger partial charge in [0.05, 0.1) is 11.6 Å². The lowest BCUT2D eigenvalue weighted by Crippen LogP contribution is -2.32. The van der Waals surface area contributed by atoms with Crippen LogP contribution in [0.25, 0.3) is 11.0 Å². The monoisotopic (exact) mass is 353 g/mol. The molecule has 0 radical (unpaired) electrons. The van der Waals surface area contributed by atoms with Crippen molar-refractivity contribution >= 4 is 11.0 Å². The Bertz CT molecular complexity index is 1030. The van der Waals surface area contributed by atoms with Gasteiger partial charge < -0.3 is 4.42 Å². The van der Waals surface area contributed by atoms with Crippen LogP contribution in [0.2, 0.25) is 0 Å². The standard InChI is InChI=1S/C20H20FN3O2/c1-12(2)20-22-8-13-9-24(6-5-17(13)23-20)10-14-11-26-18-4-3-15(21)7-16(18)19(14)25/h3-4,7-8,11-12H,5-6,9-10H2,1-2H3. The Balaban J connectivity index is 1.58. The normalized spacial score (nSPS) is 14.8. The largest absolute Gasteiger partial charge is 0.464 e. The van der Waals surface area contributed by atoms with Crippen LogP contribution in [-0.4, -0.2) is 21.4 Å². The summed E-state index contributed by atoms with van der Waals surface area (Å²) in [7, 11) is 0. The topological polar surface area (TPSA) is 59.2 Å². The highest BCUT2D eigenvalue weighted by Crippen LogP contribution is 2.21. The van der Waals surface area contributed by atoms with Crippen molar-refractivity contribution in [2.45, 2.75) is 39.3 Å². The molecule has 0 saturated carbocycles. The molecule has 0 saturated heterocycles. The molecule has 3 aromatic rings. The first-order valence-electron chi connectivity index (χ1n) is 8.78. The molecule has 0 N–H and O–H groups in total. The fourth-order valence-electron chi connectivity index (χ4n) is 3.30. The van der Waals surface area contributed by atoms with Gasteiger partial charge in [0.15, 0.2) is 5.43 Å². The minimum absolute atomic E-state index is 0.178. The zero-order chi connectivity index (χ0) is 18.3. The van der Waals surface area contributed by atoms with Gasteiger partial charge in [0.2, 0.25) is 0 Å². The maximum atomic E-state index is 13.5. The number of rotatable bonds is 3. The van der Waals surface area contributed by atoms with Crippen molar-refractivity contribution in [1.29, 1.82) is 0 Å². The van der Waals surface area contributed by atoms with Gasteiger partial charge in [-0.1, -0.05) is 13.8 Å². The third-order valence-electron chi connectivity index (χ3n) is 4.75. The average molecular weight is 353 g/mol. The molecule has 0 atom stereocenters. The molecule has 1 aliphatic heterocycles. The second-order valence-electron chi connectivity index (χ2n) is 7.05. The van der Waals surface area contributed by atoms with Crippen molar-refractivity contribution in [3.63, 3.8) is 0 Å². The summed E-state index contributed by atoms with van der Waals surface area (Å²) in [5, 5.41) is 0.282. The molecule has 2 aromatic heterocycles. The minimum atomic E-state index is -0.438. The number of aromatic nitrogens is 2. The van der Waals surface area contributed by atoms with Gasteiger partial charge in [-0.2, -0.15) is 0 Å². The van der Waals surface area contributed by atoms with Gasteiger partial charge in [0.1, 0.15) is 17.2 Å². The Morgan fingerprint density at radius 2 is 2.19 bits per heavy atom. The van der Waals surface area contributed by atoms with E-state index < -0.39 is 5.82 Å². The van der Waals surface area contributed by atoms with E-state index in [0.29, 0.717) is 30.2 Å². The van der Waals surface area contributed by atoms with Gasteiger partial charge in [-0.05, 0) is 18.2 Å². The number of benzene rings is 1. The number of halogens is 1. The summed E-state index contributed by atoms with van der Waals surface area (Å²) in [5.41, 5.74) is 2.94. The Morgan fingerprint density at radius 1 is 1.35 bits per heavy atom. The highest BCUT2D eigenvalue weighted by atomic mass is 19.1. The van der Waals surface area contributed by atoms with Crippen LogP contribution in [0.15, 0.2) is 39.9 Å². The van der Waals surface area contributed by atoms with Crippen molar-refractivity contribution in [1.82, 2.24) is 14.9 Å². The molecular weight excluding hydrogens is 333 g/mol. The van der Waals surface area contributed by atoms with Crippen LogP contribution in [0.3, 0.4) is 0 Å². The van der Waals surface area contributed by atoms with Crippen LogP contribution in [0, 0.1) is 5.82 Å². The molecular formula is C20H20FN3O2. The quantitative estimate of drug-likeness (QED) is 0.722. The molecule has 0 aliphatic carbocycles. The lowest BCUT2D eigenvalue weighted by atomic mass is 10.1. The minimum Gasteiger partial charge on any atom is -0.464 e. The number of fused-ring (bicyclic) bond motifs is 2. The molecule has 1 aromatic carbocycles. The van der Waals surface area contributed by atoms with E-state index in [-0.39, 0.29) is 10.8 Å². The Labute approximate surface area is 150 Å². The van der Waals surface area contributed by atoms with E-state index in [4.69, 9.17) is 4.42 Å². The van der Waals surface area contributed by atoms with Crippen LogP contribution in [0.1, 0.15) is 42.4 Å². The number of hydrogen-bond acceptors (Lipinski definition) is 5. The Hall–Kier alpha value is -2.60. The molecule has 134 valence electrons. The summed E-state index contributed by atoms with van der Waals surface area (Å²) in [5.74, 6) is 0.738. The number of hydrogen-bond donors (Lipinski definition) is 0. The highest BCUT2D eigenvalue weighted by molar-refractivity contribution is 5.76. The SMILES string of the molecule is CC(C)c1ncc2c(n1)CCN(Cc1coc3ccc(F)cc3c1=O)C2. The first-order chi connectivity index (χ1) is 12.5. The van der Waals surface area contributed by atoms with Crippen LogP contribution in [-0.2, 0) is 19.5 Å². The molecule has 0 amide bonds. The van der Waals surface area contributed by atoms with Crippen molar-refractivity contribution < 1.29 is 8.81 Å². The average Bonchev–Trinajstić information content (AvgIpc) is 2.64. The zero-order valence-corrected chi connectivity index (χ0v) is 14.8. The first kappa shape index (κ1) is 16.8. The molecule has 0 bridgehead atoms. The molecule has 0 unspecified atom stereocenters. The van der Waals surface area contributed by atoms with Crippen LogP contribution in [0.4, 0.5) is 4.39 Å². The summed E-state index contributed by atoms with van der Waals surface area (Å²) in [6, 6.07) is 4.01. The first-order valence-corrected chi connectivity index (χ1v) is 8.78. The zero-order valence-electron chi connectivity index (χ0n) is 14.8. The lowest BCUT2D eigenvalue weighted by Gasteiger charge is -2.28. The predicted molar refractivity (Wildman–Crippen MR) is 96.4 cm³/mol. The molecule has 4 rings (SSSR count). The van der Waals surface area contributed by atoms with E-state index in [1.165, 1.54) is 24.5 Å². The third kappa shape index (κ3) is 3.12. The molecule has 1 aliphatic rings. The van der Waals surface area contributed by atoms with E-state index in [2.05, 4.69) is 28.7 Å². The van der Waals surface area contributed by atoms with Crippen LogP contribution < -0.4 is 5.43 Å². The smallest absolute Gasteiger partial charge is 0.197 e. The van der Waals surface area contributed by atoms with Gasteiger partial charge in [-0.3, -0.25) is 9.69 Å². The second kappa shape index (κ2) is 6.61. The molecule has 6 heteroatoms. The fraction of sp³-hybridized carbons (Fsp3) is 0.350. The van der Waals surface area contributed by atoms with Crippen molar-refractivity contribution in [3.8, 4) is 0 Å². The van der Waals surface area contributed by atoms with Gasteiger partial charge in [0, 0.05) is 55.0 Å². The third-order valence-corrected chi connectivity index (χ3v) is 4.75. The summed E-state index contributed by atoms with van der Waals surface area (Å²) >= 11 is 0. The molecule has 0 spiro atoms. The second-order valence-corrected chi connectivity index (χ2v) is 7.05. The molecule has 26 heavy (non-hydrogen) atoms. The Kier molecular flexibility index (Phi) is 4.28. The van der Waals surface area contributed by atoms with Crippen molar-refractivity contribution in [2.24, 2.45) is 0 Å². The van der Waals surface area contributed by atoms with Crippen LogP contribution >= 0.6 is 0 Å². The van der Waals surface area contributed by atoms with Crippen LogP contribution in [0.5, 0.6) is 0 Å². The Morgan fingerprint density at radius 3 is 3.00 bits per heavy atom. The van der Waals surface area contributed by atoms with Gasteiger partial charge in [-0.25, -0.2) is 14.4 Å². The predicted octanol–water partition coefficient (Wildman–Crippen LogP) is 3.40. The maximum absolute atomic E-state index is 13.5. The van der Waals surface area contributed by atoms with E-state index in [0.717, 1.165) is 30.0 Å². The van der Waals surface area contributed by atoms with E-state index >= 15 is 0 Å². The summed E-state index contributed by atoms with van der Waals surface area (Å²) in [6.45, 7) is 6.12. The van der Waals surface area contributed by atoms with Crippen molar-refractivity contribution in [3.05, 3.63) is 69.3 Å². The molecule has 5 nitrogen and oxygen atoms in total. The lowest BCUT2D eigenvalue weighted by molar-refractivity contribution is 0.240. The van der Waals surface area contributed by atoms with Gasteiger partial charge in [0.25, 0.3) is 0 Å². The van der Waals surface area contributed by atoms with E-state index in [1.807, 2.05) is 6.20 Å². The van der Waals surface area contributed by atoms with Crippen molar-refractivity contribution in [2.75, 3.05) is 6.54 Å².